The fourth-order valence-corrected chi connectivity index (χ4v) is 6.30. The Hall–Kier alpha value is -4.53. The molecule has 7 rings (SSSR count). The van der Waals surface area contributed by atoms with E-state index in [9.17, 15) is 14.4 Å². The molecule has 2 saturated heterocycles. The lowest BCUT2D eigenvalue weighted by molar-refractivity contribution is -0.132. The summed E-state index contributed by atoms with van der Waals surface area (Å²) in [4.78, 5) is 48.9. The fourth-order valence-electron chi connectivity index (χ4n) is 6.30. The summed E-state index contributed by atoms with van der Waals surface area (Å²) in [5, 5.41) is 5.42. The number of hydrogen-bond donors (Lipinski definition) is 2. The van der Waals surface area contributed by atoms with E-state index in [0.717, 1.165) is 31.2 Å². The van der Waals surface area contributed by atoms with Crippen LogP contribution in [0, 0.1) is 24.6 Å². The Morgan fingerprint density at radius 1 is 0.905 bits per heavy atom. The first-order valence-electron chi connectivity index (χ1n) is 14.5. The molecule has 2 bridgehead atoms. The summed E-state index contributed by atoms with van der Waals surface area (Å²) in [6.45, 7) is 3.09. The van der Waals surface area contributed by atoms with Gasteiger partial charge in [-0.25, -0.2) is 14.2 Å². The number of anilines is 2. The van der Waals surface area contributed by atoms with Crippen molar-refractivity contribution in [2.45, 2.75) is 38.8 Å². The molecule has 4 amide bonds. The third kappa shape index (κ3) is 5.77. The Balaban J connectivity index is 1.35. The van der Waals surface area contributed by atoms with Crippen LogP contribution in [0.25, 0.3) is 0 Å². The van der Waals surface area contributed by atoms with Crippen molar-refractivity contribution < 1.29 is 18.8 Å². The van der Waals surface area contributed by atoms with Crippen molar-refractivity contribution in [2.75, 3.05) is 29.9 Å². The number of aliphatic imine (C=N–C) groups is 1. The highest BCUT2D eigenvalue weighted by Gasteiger charge is 2.37. The summed E-state index contributed by atoms with van der Waals surface area (Å²) in [5.74, 6) is -0.259. The van der Waals surface area contributed by atoms with Gasteiger partial charge in [0.1, 0.15) is 12.4 Å². The fraction of sp³-hybridized carbons (Fsp3) is 0.333. The monoisotopic (exact) mass is 567 g/mol. The molecule has 4 aliphatic rings. The third-order valence-electron chi connectivity index (χ3n) is 8.45. The van der Waals surface area contributed by atoms with Crippen molar-refractivity contribution in [3.05, 3.63) is 95.3 Å². The van der Waals surface area contributed by atoms with E-state index < -0.39 is 23.9 Å². The Kier molecular flexibility index (Phi) is 7.73. The average Bonchev–Trinajstić information content (AvgIpc) is 3.37. The first-order valence-corrected chi connectivity index (χ1v) is 14.5. The summed E-state index contributed by atoms with van der Waals surface area (Å²) >= 11 is 0. The van der Waals surface area contributed by atoms with E-state index in [1.54, 1.807) is 54.6 Å². The van der Waals surface area contributed by atoms with Gasteiger partial charge in [0, 0.05) is 29.9 Å². The number of nitrogens with one attached hydrogen (secondary N) is 2. The second kappa shape index (κ2) is 11.8. The first-order chi connectivity index (χ1) is 20.4. The number of nitrogens with zero attached hydrogens (tertiary/aromatic N) is 3. The van der Waals surface area contributed by atoms with Crippen molar-refractivity contribution in [2.24, 2.45) is 16.8 Å². The number of para-hydroxylation sites is 1. The van der Waals surface area contributed by atoms with Gasteiger partial charge in [0.25, 0.3) is 5.91 Å². The molecule has 1 atom stereocenters. The molecule has 3 heterocycles. The van der Waals surface area contributed by atoms with Crippen LogP contribution in [-0.4, -0.2) is 54.3 Å². The predicted octanol–water partition coefficient (Wildman–Crippen LogP) is 5.11. The lowest BCUT2D eigenvalue weighted by atomic mass is 9.84. The molecule has 3 aliphatic heterocycles. The molecule has 3 aromatic rings. The topological polar surface area (TPSA) is 94.1 Å². The van der Waals surface area contributed by atoms with E-state index in [2.05, 4.69) is 15.6 Å². The Morgan fingerprint density at radius 3 is 2.26 bits per heavy atom. The minimum absolute atomic E-state index is 0.144. The van der Waals surface area contributed by atoms with E-state index in [4.69, 9.17) is 0 Å². The quantitative estimate of drug-likeness (QED) is 0.449. The van der Waals surface area contributed by atoms with Crippen LogP contribution < -0.4 is 15.5 Å². The van der Waals surface area contributed by atoms with Crippen molar-refractivity contribution >= 4 is 34.9 Å². The zero-order valence-electron chi connectivity index (χ0n) is 23.6. The molecule has 216 valence electrons. The number of amides is 4. The summed E-state index contributed by atoms with van der Waals surface area (Å²) in [6, 6.07) is 19.9. The lowest BCUT2D eigenvalue weighted by Gasteiger charge is -2.29. The normalized spacial score (nSPS) is 21.6. The van der Waals surface area contributed by atoms with Crippen LogP contribution in [0.4, 0.5) is 20.6 Å². The number of rotatable bonds is 5. The second-order valence-corrected chi connectivity index (χ2v) is 11.5. The maximum atomic E-state index is 15.1. The number of benzodiazepines with no additional fused rings is 1. The number of hydrogen-bond acceptors (Lipinski definition) is 4. The van der Waals surface area contributed by atoms with Crippen molar-refractivity contribution in [1.29, 1.82) is 0 Å². The van der Waals surface area contributed by atoms with E-state index in [-0.39, 0.29) is 23.7 Å². The molecule has 2 N–H and O–H groups in total. The van der Waals surface area contributed by atoms with Crippen LogP contribution in [0.2, 0.25) is 0 Å². The molecule has 0 unspecified atom stereocenters. The maximum absolute atomic E-state index is 15.1. The van der Waals surface area contributed by atoms with Gasteiger partial charge in [-0.2, -0.15) is 0 Å². The molecular weight excluding hydrogens is 533 g/mol. The molecular formula is C33H34FN5O3. The van der Waals surface area contributed by atoms with Crippen LogP contribution in [-0.2, 0) is 9.59 Å². The zero-order valence-corrected chi connectivity index (χ0v) is 23.6. The lowest BCUT2D eigenvalue weighted by Crippen LogP contribution is -2.51. The molecule has 8 nitrogen and oxygen atoms in total. The van der Waals surface area contributed by atoms with Gasteiger partial charge in [0.15, 0.2) is 0 Å². The van der Waals surface area contributed by atoms with E-state index in [1.165, 1.54) is 11.0 Å². The number of carbonyl (C=O) groups excluding carboxylic acids is 3. The Labute approximate surface area is 244 Å². The van der Waals surface area contributed by atoms with E-state index in [0.29, 0.717) is 41.9 Å². The van der Waals surface area contributed by atoms with Crippen LogP contribution >= 0.6 is 0 Å². The predicted molar refractivity (Wildman–Crippen MR) is 160 cm³/mol. The standard InChI is InChI=1S/C33H34FN5O3/c1-21-7-6-8-24(17-21)35-33(42)37-31-32(41)39(20-29(40)38-18-22-13-14-23(19-38)16-15-22)28-12-5-3-10-26(28)30(36-31)25-9-2-4-11-27(25)34/h2-12,17,22-23,31H,13-16,18-20H2,1H3,(H2,35,37,42)/t22?,23?,31-/m0/s1. The molecule has 0 spiro atoms. The molecule has 1 saturated carbocycles. The Morgan fingerprint density at radius 2 is 1.57 bits per heavy atom. The number of carbonyl (C=O) groups is 3. The van der Waals surface area contributed by atoms with Gasteiger partial charge in [-0.1, -0.05) is 42.5 Å². The number of halogens is 1. The molecule has 9 heteroatoms. The van der Waals surface area contributed by atoms with Gasteiger partial charge in [-0.15, -0.1) is 0 Å². The minimum atomic E-state index is -1.40. The molecule has 0 radical (unpaired) electrons. The molecule has 3 aromatic carbocycles. The second-order valence-electron chi connectivity index (χ2n) is 11.5. The average molecular weight is 568 g/mol. The smallest absolute Gasteiger partial charge is 0.321 e. The van der Waals surface area contributed by atoms with Gasteiger partial charge in [0.2, 0.25) is 12.1 Å². The van der Waals surface area contributed by atoms with Gasteiger partial charge < -0.3 is 15.5 Å². The third-order valence-corrected chi connectivity index (χ3v) is 8.45. The zero-order chi connectivity index (χ0) is 29.2. The highest BCUT2D eigenvalue weighted by Crippen LogP contribution is 2.34. The summed E-state index contributed by atoms with van der Waals surface area (Å²) < 4.78 is 15.1. The summed E-state index contributed by atoms with van der Waals surface area (Å²) in [7, 11) is 0. The maximum Gasteiger partial charge on any atom is 0.321 e. The van der Waals surface area contributed by atoms with Gasteiger partial charge in [-0.05, 0) is 80.3 Å². The number of fused-ring (bicyclic) bond motifs is 5. The first kappa shape index (κ1) is 27.6. The van der Waals surface area contributed by atoms with E-state index in [1.807, 2.05) is 24.0 Å². The molecule has 42 heavy (non-hydrogen) atoms. The Bertz CT molecular complexity index is 1530. The summed E-state index contributed by atoms with van der Waals surface area (Å²) in [6.07, 6.45) is 3.11. The molecule has 1 aliphatic carbocycles. The van der Waals surface area contributed by atoms with Crippen molar-refractivity contribution in [1.82, 2.24) is 10.2 Å². The largest absolute Gasteiger partial charge is 0.341 e. The number of urea groups is 1. The van der Waals surface area contributed by atoms with Crippen molar-refractivity contribution in [3.63, 3.8) is 0 Å². The van der Waals surface area contributed by atoms with Crippen LogP contribution in [0.1, 0.15) is 42.4 Å². The van der Waals surface area contributed by atoms with E-state index >= 15 is 4.39 Å². The van der Waals surface area contributed by atoms with Gasteiger partial charge >= 0.3 is 6.03 Å². The highest BCUT2D eigenvalue weighted by atomic mass is 19.1. The minimum Gasteiger partial charge on any atom is -0.341 e. The number of aryl methyl sites for hydroxylation is 1. The van der Waals surface area contributed by atoms with Crippen molar-refractivity contribution in [3.8, 4) is 0 Å². The highest BCUT2D eigenvalue weighted by molar-refractivity contribution is 6.21. The van der Waals surface area contributed by atoms with Crippen LogP contribution in [0.15, 0.2) is 77.8 Å². The van der Waals surface area contributed by atoms with Crippen LogP contribution in [0.5, 0.6) is 0 Å². The number of benzene rings is 3. The SMILES string of the molecule is Cc1cccc(NC(=O)N[C@@H]2N=C(c3ccccc3F)c3ccccc3N(CC(=O)N3CC4CCC(CC4)C3)C2=O)c1. The molecule has 3 fully saturated rings. The summed E-state index contributed by atoms with van der Waals surface area (Å²) in [5.41, 5.74) is 2.88. The van der Waals surface area contributed by atoms with Gasteiger partial charge in [-0.3, -0.25) is 14.5 Å². The van der Waals surface area contributed by atoms with Gasteiger partial charge in [0.05, 0.1) is 11.4 Å². The van der Waals surface area contributed by atoms with Crippen LogP contribution in [0.3, 0.4) is 0 Å². The molecule has 0 aromatic heterocycles.